The predicted octanol–water partition coefficient (Wildman–Crippen LogP) is 5.89. The monoisotopic (exact) mass is 390 g/mol. The minimum Gasteiger partial charge on any atom is -0.377 e. The molecule has 0 aromatic carbocycles. The van der Waals surface area contributed by atoms with Crippen molar-refractivity contribution in [2.75, 3.05) is 6.61 Å². The van der Waals surface area contributed by atoms with Gasteiger partial charge in [-0.25, -0.2) is 0 Å². The summed E-state index contributed by atoms with van der Waals surface area (Å²) in [6.07, 6.45) is 15.1. The Kier molecular flexibility index (Phi) is 4.11. The zero-order valence-electron chi connectivity index (χ0n) is 14.4. The number of pyridine rings is 1. The summed E-state index contributed by atoms with van der Waals surface area (Å²) >= 11 is 12.8. The molecule has 4 fully saturated rings. The summed E-state index contributed by atoms with van der Waals surface area (Å²) in [6, 6.07) is 0. The van der Waals surface area contributed by atoms with Crippen LogP contribution in [-0.2, 0) is 4.74 Å². The molecule has 4 nitrogen and oxygen atoms in total. The molecule has 4 aliphatic rings. The fourth-order valence-corrected chi connectivity index (χ4v) is 4.71. The lowest BCUT2D eigenvalue weighted by atomic mass is 9.71. The summed E-state index contributed by atoms with van der Waals surface area (Å²) in [4.78, 5) is 4.05. The molecule has 6 rings (SSSR count). The molecule has 26 heavy (non-hydrogen) atoms. The molecule has 0 spiro atoms. The number of halogens is 2. The van der Waals surface area contributed by atoms with Gasteiger partial charge < -0.3 is 9.26 Å². The van der Waals surface area contributed by atoms with Gasteiger partial charge >= 0.3 is 0 Å². The first-order chi connectivity index (χ1) is 12.7. The quantitative estimate of drug-likeness (QED) is 0.652. The van der Waals surface area contributed by atoms with Gasteiger partial charge in [-0.2, -0.15) is 0 Å². The van der Waals surface area contributed by atoms with Crippen LogP contribution in [-0.4, -0.2) is 22.9 Å². The van der Waals surface area contributed by atoms with E-state index in [0.717, 1.165) is 43.6 Å². The van der Waals surface area contributed by atoms with Crippen molar-refractivity contribution in [1.29, 1.82) is 0 Å². The van der Waals surface area contributed by atoms with Crippen molar-refractivity contribution in [3.05, 3.63) is 39.8 Å². The summed E-state index contributed by atoms with van der Waals surface area (Å²) in [5.41, 5.74) is 2.54. The summed E-state index contributed by atoms with van der Waals surface area (Å²) < 4.78 is 11.7. The van der Waals surface area contributed by atoms with Gasteiger partial charge in [-0.3, -0.25) is 4.98 Å². The number of hydrogen-bond acceptors (Lipinski definition) is 4. The van der Waals surface area contributed by atoms with Gasteiger partial charge in [0, 0.05) is 34.9 Å². The van der Waals surface area contributed by atoms with Crippen molar-refractivity contribution in [1.82, 2.24) is 10.1 Å². The van der Waals surface area contributed by atoms with E-state index in [1.807, 2.05) is 0 Å². The van der Waals surface area contributed by atoms with Crippen molar-refractivity contribution in [3.8, 4) is 11.3 Å². The fourth-order valence-electron chi connectivity index (χ4n) is 4.16. The van der Waals surface area contributed by atoms with Crippen molar-refractivity contribution in [2.45, 2.75) is 50.5 Å². The lowest BCUT2D eigenvalue weighted by Crippen LogP contribution is -2.41. The maximum absolute atomic E-state index is 6.38. The maximum Gasteiger partial charge on any atom is 0.147 e. The zero-order chi connectivity index (χ0) is 17.7. The molecule has 6 heteroatoms. The Bertz CT molecular complexity index is 831. The van der Waals surface area contributed by atoms with Gasteiger partial charge in [0.25, 0.3) is 0 Å². The third-order valence-electron chi connectivity index (χ3n) is 5.93. The minimum absolute atomic E-state index is 0.135. The zero-order valence-corrected chi connectivity index (χ0v) is 15.9. The van der Waals surface area contributed by atoms with Crippen LogP contribution in [0.5, 0.6) is 0 Å². The van der Waals surface area contributed by atoms with Crippen molar-refractivity contribution >= 4 is 29.3 Å². The van der Waals surface area contributed by atoms with Crippen LogP contribution >= 0.6 is 23.2 Å². The van der Waals surface area contributed by atoms with E-state index in [1.165, 1.54) is 12.8 Å². The maximum atomic E-state index is 6.38. The second-order valence-electron chi connectivity index (χ2n) is 7.77. The highest BCUT2D eigenvalue weighted by Crippen LogP contribution is 2.48. The van der Waals surface area contributed by atoms with E-state index in [0.29, 0.717) is 33.3 Å². The molecule has 0 atom stereocenters. The average molecular weight is 391 g/mol. The Morgan fingerprint density at radius 3 is 2.42 bits per heavy atom. The van der Waals surface area contributed by atoms with Gasteiger partial charge in [-0.1, -0.05) is 40.5 Å². The molecule has 2 aromatic rings. The van der Waals surface area contributed by atoms with Crippen LogP contribution in [0.25, 0.3) is 17.3 Å². The van der Waals surface area contributed by atoms with Gasteiger partial charge in [-0.05, 0) is 38.5 Å². The molecular formula is C20H20Cl2N2O2. The lowest BCUT2D eigenvalue weighted by molar-refractivity contribution is -0.0931. The first-order valence-corrected chi connectivity index (χ1v) is 10.0. The van der Waals surface area contributed by atoms with Gasteiger partial charge in [0.15, 0.2) is 0 Å². The van der Waals surface area contributed by atoms with Crippen LogP contribution in [0.4, 0.5) is 0 Å². The largest absolute Gasteiger partial charge is 0.377 e. The minimum atomic E-state index is 0.135. The molecule has 2 bridgehead atoms. The molecule has 0 unspecified atom stereocenters. The second kappa shape index (κ2) is 6.36. The molecule has 2 saturated heterocycles. The van der Waals surface area contributed by atoms with Crippen molar-refractivity contribution < 1.29 is 9.26 Å². The average Bonchev–Trinajstić information content (AvgIpc) is 3.42. The third-order valence-corrected chi connectivity index (χ3v) is 6.51. The van der Waals surface area contributed by atoms with E-state index in [-0.39, 0.29) is 5.41 Å². The lowest BCUT2D eigenvalue weighted by Gasteiger charge is -2.44. The summed E-state index contributed by atoms with van der Waals surface area (Å²) in [5, 5.41) is 5.31. The smallest absolute Gasteiger partial charge is 0.147 e. The Morgan fingerprint density at radius 2 is 1.81 bits per heavy atom. The summed E-state index contributed by atoms with van der Waals surface area (Å²) in [5.74, 6) is 1.40. The van der Waals surface area contributed by atoms with Gasteiger partial charge in [0.1, 0.15) is 11.5 Å². The third kappa shape index (κ3) is 2.88. The molecule has 0 amide bonds. The van der Waals surface area contributed by atoms with E-state index in [9.17, 15) is 0 Å². The SMILES string of the molecule is Clc1cncc(Cl)c1-c1noc(C2CC2)c1/C=C/C12CCC(CC1)OC2. The number of ether oxygens (including phenoxy) is 1. The van der Waals surface area contributed by atoms with Gasteiger partial charge in [-0.15, -0.1) is 0 Å². The van der Waals surface area contributed by atoms with Crippen molar-refractivity contribution in [3.63, 3.8) is 0 Å². The van der Waals surface area contributed by atoms with Crippen LogP contribution in [0.3, 0.4) is 0 Å². The van der Waals surface area contributed by atoms with Gasteiger partial charge in [0.05, 0.1) is 22.8 Å². The fraction of sp³-hybridized carbons (Fsp3) is 0.500. The van der Waals surface area contributed by atoms with E-state index in [2.05, 4.69) is 22.3 Å². The van der Waals surface area contributed by atoms with E-state index < -0.39 is 0 Å². The van der Waals surface area contributed by atoms with Crippen LogP contribution in [0.2, 0.25) is 10.0 Å². The second-order valence-corrected chi connectivity index (χ2v) is 8.58. The Morgan fingerprint density at radius 1 is 1.08 bits per heavy atom. The topological polar surface area (TPSA) is 48.2 Å². The first kappa shape index (κ1) is 16.8. The number of nitrogens with zero attached hydrogens (tertiary/aromatic N) is 2. The summed E-state index contributed by atoms with van der Waals surface area (Å²) in [7, 11) is 0. The Labute approximate surface area is 162 Å². The number of hydrogen-bond donors (Lipinski definition) is 0. The van der Waals surface area contributed by atoms with E-state index in [1.54, 1.807) is 12.4 Å². The highest BCUT2D eigenvalue weighted by Gasteiger charge is 2.40. The molecule has 0 radical (unpaired) electrons. The number of aromatic nitrogens is 2. The molecule has 2 aliphatic heterocycles. The molecule has 0 N–H and O–H groups in total. The molecule has 2 saturated carbocycles. The standard InChI is InChI=1S/C20H20Cl2N2O2/c21-15-9-23-10-16(22)17(15)18-14(19(26-24-18)12-1-2-12)5-8-20-6-3-13(4-7-20)25-11-20/h5,8-10,12-13H,1-4,6-7,11H2/b8-5+. The molecule has 136 valence electrons. The predicted molar refractivity (Wildman–Crippen MR) is 101 cm³/mol. The van der Waals surface area contributed by atoms with Crippen molar-refractivity contribution in [2.24, 2.45) is 5.41 Å². The van der Waals surface area contributed by atoms with Crippen LogP contribution in [0.1, 0.15) is 55.8 Å². The number of fused-ring (bicyclic) bond motifs is 3. The Balaban J connectivity index is 1.57. The van der Waals surface area contributed by atoms with Crippen LogP contribution < -0.4 is 0 Å². The molecule has 4 heterocycles. The van der Waals surface area contributed by atoms with Gasteiger partial charge in [0.2, 0.25) is 0 Å². The Hall–Kier alpha value is -1.36. The van der Waals surface area contributed by atoms with Crippen LogP contribution in [0.15, 0.2) is 23.0 Å². The number of rotatable bonds is 4. The molecule has 2 aromatic heterocycles. The first-order valence-electron chi connectivity index (χ1n) is 9.25. The normalized spacial score (nSPS) is 28.2. The molecular weight excluding hydrogens is 371 g/mol. The van der Waals surface area contributed by atoms with E-state index in [4.69, 9.17) is 32.5 Å². The summed E-state index contributed by atoms with van der Waals surface area (Å²) in [6.45, 7) is 0.810. The highest BCUT2D eigenvalue weighted by atomic mass is 35.5. The molecule has 2 aliphatic carbocycles. The highest BCUT2D eigenvalue weighted by molar-refractivity contribution is 6.39. The van der Waals surface area contributed by atoms with Crippen LogP contribution in [0, 0.1) is 5.41 Å². The van der Waals surface area contributed by atoms with E-state index >= 15 is 0 Å².